The summed E-state index contributed by atoms with van der Waals surface area (Å²) in [6, 6.07) is 8.00. The third-order valence-corrected chi connectivity index (χ3v) is 5.38. The van der Waals surface area contributed by atoms with Crippen LogP contribution in [0.25, 0.3) is 11.0 Å². The van der Waals surface area contributed by atoms with E-state index in [9.17, 15) is 5.11 Å². The summed E-state index contributed by atoms with van der Waals surface area (Å²) in [6.07, 6.45) is 5.70. The average Bonchev–Trinajstić information content (AvgIpc) is 2.86. The third-order valence-electron chi connectivity index (χ3n) is 4.05. The van der Waals surface area contributed by atoms with E-state index in [2.05, 4.69) is 4.57 Å². The maximum atomic E-state index is 9.81. The molecule has 0 bridgehead atoms. The number of aliphatic hydroxyl groups is 2. The first kappa shape index (κ1) is 14.9. The van der Waals surface area contributed by atoms with Gasteiger partial charge in [-0.25, -0.2) is 4.98 Å². The molecule has 114 valence electrons. The van der Waals surface area contributed by atoms with Crippen LogP contribution in [0.5, 0.6) is 0 Å². The van der Waals surface area contributed by atoms with Gasteiger partial charge in [0, 0.05) is 5.25 Å². The van der Waals surface area contributed by atoms with Crippen LogP contribution in [0.4, 0.5) is 0 Å². The predicted octanol–water partition coefficient (Wildman–Crippen LogP) is 2.81. The minimum Gasteiger partial charge on any atom is -0.394 e. The van der Waals surface area contributed by atoms with E-state index >= 15 is 0 Å². The smallest absolute Gasteiger partial charge is 0.169 e. The normalized spacial score (nSPS) is 18.2. The maximum Gasteiger partial charge on any atom is 0.169 e. The van der Waals surface area contributed by atoms with Crippen molar-refractivity contribution >= 4 is 22.8 Å². The number of fused-ring (bicyclic) bond motifs is 1. The molecule has 0 aliphatic heterocycles. The quantitative estimate of drug-likeness (QED) is 0.892. The summed E-state index contributed by atoms with van der Waals surface area (Å²) in [5.74, 6) is 0. The van der Waals surface area contributed by atoms with E-state index in [1.807, 2.05) is 36.0 Å². The Kier molecular flexibility index (Phi) is 4.83. The molecule has 4 nitrogen and oxygen atoms in total. The Labute approximate surface area is 129 Å². The molecule has 0 amide bonds. The number of thioether (sulfide) groups is 1. The highest BCUT2D eigenvalue weighted by atomic mass is 32.2. The molecule has 1 aliphatic rings. The molecule has 1 aromatic heterocycles. The largest absolute Gasteiger partial charge is 0.394 e. The van der Waals surface area contributed by atoms with Gasteiger partial charge in [0.05, 0.1) is 30.3 Å². The summed E-state index contributed by atoms with van der Waals surface area (Å²) < 4.78 is 2.05. The Balaban J connectivity index is 1.89. The summed E-state index contributed by atoms with van der Waals surface area (Å²) >= 11 is 1.83. The van der Waals surface area contributed by atoms with Gasteiger partial charge in [-0.3, -0.25) is 0 Å². The highest BCUT2D eigenvalue weighted by Crippen LogP contribution is 2.34. The lowest BCUT2D eigenvalue weighted by atomic mass is 10.0. The maximum absolute atomic E-state index is 9.81. The second-order valence-corrected chi connectivity index (χ2v) is 6.98. The molecular formula is C16H22N2O2S. The van der Waals surface area contributed by atoms with E-state index < -0.39 is 6.10 Å². The number of aliphatic hydroxyl groups excluding tert-OH is 2. The molecule has 2 N–H and O–H groups in total. The van der Waals surface area contributed by atoms with E-state index in [4.69, 9.17) is 10.1 Å². The highest BCUT2D eigenvalue weighted by Gasteiger charge is 2.20. The van der Waals surface area contributed by atoms with Crippen LogP contribution in [-0.2, 0) is 6.54 Å². The number of hydrogen-bond donors (Lipinski definition) is 2. The molecule has 1 unspecified atom stereocenters. The Morgan fingerprint density at radius 3 is 2.76 bits per heavy atom. The zero-order chi connectivity index (χ0) is 14.7. The number of benzene rings is 1. The van der Waals surface area contributed by atoms with Gasteiger partial charge < -0.3 is 14.8 Å². The van der Waals surface area contributed by atoms with Gasteiger partial charge in [0.15, 0.2) is 5.16 Å². The van der Waals surface area contributed by atoms with Gasteiger partial charge in [-0.1, -0.05) is 43.2 Å². The van der Waals surface area contributed by atoms with Crippen LogP contribution in [0.1, 0.15) is 32.1 Å². The SMILES string of the molecule is OCC(O)Cn1c(SC2CCCCC2)nc2ccccc21. The number of nitrogens with zero attached hydrogens (tertiary/aromatic N) is 2. The number of aromatic nitrogens is 2. The predicted molar refractivity (Wildman–Crippen MR) is 85.6 cm³/mol. The summed E-state index contributed by atoms with van der Waals surface area (Å²) in [7, 11) is 0. The lowest BCUT2D eigenvalue weighted by Gasteiger charge is -2.21. The van der Waals surface area contributed by atoms with Crippen molar-refractivity contribution in [2.45, 2.75) is 55.2 Å². The van der Waals surface area contributed by atoms with Crippen LogP contribution >= 0.6 is 11.8 Å². The van der Waals surface area contributed by atoms with Crippen LogP contribution in [0.3, 0.4) is 0 Å². The minimum absolute atomic E-state index is 0.222. The fraction of sp³-hybridized carbons (Fsp3) is 0.562. The van der Waals surface area contributed by atoms with E-state index in [0.717, 1.165) is 16.2 Å². The van der Waals surface area contributed by atoms with Crippen molar-refractivity contribution in [3.63, 3.8) is 0 Å². The average molecular weight is 306 g/mol. The van der Waals surface area contributed by atoms with Crippen LogP contribution in [0.2, 0.25) is 0 Å². The molecule has 1 heterocycles. The van der Waals surface area contributed by atoms with E-state index in [-0.39, 0.29) is 6.61 Å². The summed E-state index contributed by atoms with van der Waals surface area (Å²) in [6.45, 7) is 0.173. The Hall–Kier alpha value is -1.04. The van der Waals surface area contributed by atoms with Gasteiger partial charge in [-0.05, 0) is 25.0 Å². The van der Waals surface area contributed by atoms with Crippen LogP contribution in [-0.4, -0.2) is 37.7 Å². The lowest BCUT2D eigenvalue weighted by molar-refractivity contribution is 0.0802. The molecule has 1 atom stereocenters. The number of rotatable bonds is 5. The van der Waals surface area contributed by atoms with Crippen molar-refractivity contribution < 1.29 is 10.2 Å². The van der Waals surface area contributed by atoms with Gasteiger partial charge in [0.1, 0.15) is 0 Å². The standard InChI is InChI=1S/C16H22N2O2S/c19-11-12(20)10-18-15-9-5-4-8-14(15)17-16(18)21-13-6-2-1-3-7-13/h4-5,8-9,12-13,19-20H,1-3,6-7,10-11H2. The molecule has 0 spiro atoms. The number of hydrogen-bond acceptors (Lipinski definition) is 4. The molecular weight excluding hydrogens is 284 g/mol. The summed E-state index contributed by atoms with van der Waals surface area (Å²) in [5, 5.41) is 20.5. The van der Waals surface area contributed by atoms with Crippen LogP contribution in [0.15, 0.2) is 29.4 Å². The molecule has 0 radical (unpaired) electrons. The van der Waals surface area contributed by atoms with Crippen molar-refractivity contribution in [1.29, 1.82) is 0 Å². The molecule has 1 aliphatic carbocycles. The van der Waals surface area contributed by atoms with E-state index in [1.165, 1.54) is 32.1 Å². The van der Waals surface area contributed by atoms with Crippen molar-refractivity contribution in [2.24, 2.45) is 0 Å². The van der Waals surface area contributed by atoms with Crippen LogP contribution in [0, 0.1) is 0 Å². The van der Waals surface area contributed by atoms with Crippen LogP contribution < -0.4 is 0 Å². The fourth-order valence-corrected chi connectivity index (χ4v) is 4.24. The Morgan fingerprint density at radius 2 is 2.00 bits per heavy atom. The number of para-hydroxylation sites is 2. The molecule has 1 aromatic carbocycles. The Bertz CT molecular complexity index is 593. The molecule has 2 aromatic rings. The fourth-order valence-electron chi connectivity index (χ4n) is 2.92. The monoisotopic (exact) mass is 306 g/mol. The van der Waals surface area contributed by atoms with Gasteiger partial charge in [0.2, 0.25) is 0 Å². The van der Waals surface area contributed by atoms with Crippen molar-refractivity contribution in [3.05, 3.63) is 24.3 Å². The van der Waals surface area contributed by atoms with Gasteiger partial charge in [-0.2, -0.15) is 0 Å². The second-order valence-electron chi connectivity index (χ2n) is 5.71. The molecule has 1 fully saturated rings. The first-order valence-corrected chi connectivity index (χ1v) is 8.56. The van der Waals surface area contributed by atoms with Gasteiger partial charge >= 0.3 is 0 Å². The Morgan fingerprint density at radius 1 is 1.24 bits per heavy atom. The lowest BCUT2D eigenvalue weighted by Crippen LogP contribution is -2.20. The summed E-state index contributed by atoms with van der Waals surface area (Å²) in [4.78, 5) is 4.73. The van der Waals surface area contributed by atoms with E-state index in [0.29, 0.717) is 11.8 Å². The van der Waals surface area contributed by atoms with Crippen molar-refractivity contribution in [3.8, 4) is 0 Å². The van der Waals surface area contributed by atoms with Gasteiger partial charge in [0.25, 0.3) is 0 Å². The van der Waals surface area contributed by atoms with E-state index in [1.54, 1.807) is 0 Å². The zero-order valence-corrected chi connectivity index (χ0v) is 12.9. The highest BCUT2D eigenvalue weighted by molar-refractivity contribution is 7.99. The molecule has 21 heavy (non-hydrogen) atoms. The van der Waals surface area contributed by atoms with Crippen molar-refractivity contribution in [1.82, 2.24) is 9.55 Å². The molecule has 3 rings (SSSR count). The van der Waals surface area contributed by atoms with Gasteiger partial charge in [-0.15, -0.1) is 0 Å². The third kappa shape index (κ3) is 3.42. The molecule has 1 saturated carbocycles. The number of imidazole rings is 1. The first-order valence-electron chi connectivity index (χ1n) is 7.69. The zero-order valence-electron chi connectivity index (χ0n) is 12.1. The molecule has 0 saturated heterocycles. The topological polar surface area (TPSA) is 58.3 Å². The van der Waals surface area contributed by atoms with Crippen molar-refractivity contribution in [2.75, 3.05) is 6.61 Å². The minimum atomic E-state index is -0.742. The summed E-state index contributed by atoms with van der Waals surface area (Å²) in [5.41, 5.74) is 1.99. The molecule has 5 heteroatoms. The first-order chi connectivity index (χ1) is 10.3. The second kappa shape index (κ2) is 6.81.